The van der Waals surface area contributed by atoms with E-state index >= 15 is 0 Å². The lowest BCUT2D eigenvalue weighted by molar-refractivity contribution is -0.139. The molecule has 2 N–H and O–H groups in total. The van der Waals surface area contributed by atoms with E-state index in [9.17, 15) is 13.2 Å². The Bertz CT molecular complexity index is 418. The molecule has 6 heteroatoms. The lowest BCUT2D eigenvalue weighted by Crippen LogP contribution is -2.41. The molecule has 1 rings (SSSR count). The fourth-order valence-electron chi connectivity index (χ4n) is 1.19. The van der Waals surface area contributed by atoms with E-state index in [2.05, 4.69) is 15.9 Å². The largest absolute Gasteiger partial charge is 0.491 e. The minimum atomic E-state index is -4.44. The van der Waals surface area contributed by atoms with E-state index in [4.69, 9.17) is 10.5 Å². The molecule has 18 heavy (non-hydrogen) atoms. The quantitative estimate of drug-likeness (QED) is 0.908. The number of rotatable bonds is 4. The third kappa shape index (κ3) is 4.17. The molecule has 0 bridgehead atoms. The number of benzene rings is 1. The van der Waals surface area contributed by atoms with Crippen LogP contribution in [-0.2, 0) is 6.18 Å². The second-order valence-corrected chi connectivity index (χ2v) is 5.35. The normalized spacial score (nSPS) is 15.3. The minimum Gasteiger partial charge on any atom is -0.491 e. The number of halogens is 4. The monoisotopic (exact) mass is 325 g/mol. The van der Waals surface area contributed by atoms with Gasteiger partial charge >= 0.3 is 6.18 Å². The predicted octanol–water partition coefficient (Wildman–Crippen LogP) is 3.97. The maximum absolute atomic E-state index is 12.8. The third-order valence-corrected chi connectivity index (χ3v) is 3.11. The van der Waals surface area contributed by atoms with Gasteiger partial charge in [-0.2, -0.15) is 13.2 Å². The summed E-state index contributed by atoms with van der Waals surface area (Å²) in [5.74, 6) is -0.206. The van der Waals surface area contributed by atoms with Gasteiger partial charge < -0.3 is 10.5 Å². The van der Waals surface area contributed by atoms with Gasteiger partial charge in [0.25, 0.3) is 0 Å². The molecule has 0 saturated heterocycles. The summed E-state index contributed by atoms with van der Waals surface area (Å²) in [4.78, 5) is 0. The van der Waals surface area contributed by atoms with E-state index in [-0.39, 0.29) is 12.4 Å². The zero-order valence-corrected chi connectivity index (χ0v) is 11.7. The predicted molar refractivity (Wildman–Crippen MR) is 67.5 cm³/mol. The van der Waals surface area contributed by atoms with E-state index in [0.717, 1.165) is 6.07 Å². The van der Waals surface area contributed by atoms with Crippen molar-refractivity contribution in [2.45, 2.75) is 32.0 Å². The molecule has 0 fully saturated rings. The SMILES string of the molecule is CCC(C)(N)COc1cc(Br)ccc1C(F)(F)F. The van der Waals surface area contributed by atoms with Crippen molar-refractivity contribution in [2.75, 3.05) is 6.61 Å². The highest BCUT2D eigenvalue weighted by molar-refractivity contribution is 9.10. The summed E-state index contributed by atoms with van der Waals surface area (Å²) in [6.45, 7) is 3.62. The standard InChI is InChI=1S/C12H15BrF3NO/c1-3-11(2,17)7-18-10-6-8(13)4-5-9(10)12(14,15)16/h4-6H,3,7,17H2,1-2H3. The van der Waals surface area contributed by atoms with Gasteiger partial charge in [0.1, 0.15) is 12.4 Å². The van der Waals surface area contributed by atoms with E-state index in [1.807, 2.05) is 6.92 Å². The van der Waals surface area contributed by atoms with Gasteiger partial charge in [0, 0.05) is 10.0 Å². The highest BCUT2D eigenvalue weighted by Gasteiger charge is 2.34. The summed E-state index contributed by atoms with van der Waals surface area (Å²) in [6, 6.07) is 3.62. The Morgan fingerprint density at radius 2 is 1.94 bits per heavy atom. The molecular formula is C12H15BrF3NO. The first-order chi connectivity index (χ1) is 8.15. The van der Waals surface area contributed by atoms with E-state index in [1.165, 1.54) is 12.1 Å². The second kappa shape index (κ2) is 5.48. The van der Waals surface area contributed by atoms with Crippen molar-refractivity contribution in [2.24, 2.45) is 5.73 Å². The molecule has 0 aliphatic rings. The van der Waals surface area contributed by atoms with Crippen molar-refractivity contribution in [1.82, 2.24) is 0 Å². The lowest BCUT2D eigenvalue weighted by Gasteiger charge is -2.24. The van der Waals surface area contributed by atoms with Gasteiger partial charge in [0.15, 0.2) is 0 Å². The van der Waals surface area contributed by atoms with Crippen molar-refractivity contribution >= 4 is 15.9 Å². The maximum Gasteiger partial charge on any atom is 0.419 e. The molecule has 1 atom stereocenters. The Hall–Kier alpha value is -0.750. The first-order valence-corrected chi connectivity index (χ1v) is 6.23. The fraction of sp³-hybridized carbons (Fsp3) is 0.500. The lowest BCUT2D eigenvalue weighted by atomic mass is 10.0. The van der Waals surface area contributed by atoms with Crippen LogP contribution in [0.1, 0.15) is 25.8 Å². The molecule has 0 aliphatic carbocycles. The molecule has 102 valence electrons. The summed E-state index contributed by atoms with van der Waals surface area (Å²) in [6.07, 6.45) is -3.82. The smallest absolute Gasteiger partial charge is 0.419 e. The average molecular weight is 326 g/mol. The maximum atomic E-state index is 12.8. The number of ether oxygens (including phenoxy) is 1. The highest BCUT2D eigenvalue weighted by Crippen LogP contribution is 2.37. The van der Waals surface area contributed by atoms with E-state index in [1.54, 1.807) is 6.92 Å². The molecule has 0 aliphatic heterocycles. The molecule has 2 nitrogen and oxygen atoms in total. The fourth-order valence-corrected chi connectivity index (χ4v) is 1.53. The molecule has 1 unspecified atom stereocenters. The molecule has 0 saturated carbocycles. The van der Waals surface area contributed by atoms with Gasteiger partial charge in [-0.3, -0.25) is 0 Å². The summed E-state index contributed by atoms with van der Waals surface area (Å²) in [5, 5.41) is 0. The molecule has 0 heterocycles. The number of alkyl halides is 3. The van der Waals surface area contributed by atoms with Gasteiger partial charge in [-0.1, -0.05) is 22.9 Å². The third-order valence-electron chi connectivity index (χ3n) is 2.61. The Kier molecular flexibility index (Phi) is 4.66. The average Bonchev–Trinajstić information content (AvgIpc) is 2.25. The number of hydrogen-bond acceptors (Lipinski definition) is 2. The van der Waals surface area contributed by atoms with Crippen molar-refractivity contribution < 1.29 is 17.9 Å². The Balaban J connectivity index is 2.97. The van der Waals surface area contributed by atoms with Gasteiger partial charge in [-0.15, -0.1) is 0 Å². The van der Waals surface area contributed by atoms with Crippen LogP contribution in [0.3, 0.4) is 0 Å². The van der Waals surface area contributed by atoms with Crippen LogP contribution >= 0.6 is 15.9 Å². The van der Waals surface area contributed by atoms with Crippen LogP contribution in [0.4, 0.5) is 13.2 Å². The van der Waals surface area contributed by atoms with E-state index < -0.39 is 17.3 Å². The summed E-state index contributed by atoms with van der Waals surface area (Å²) < 4.78 is 44.0. The van der Waals surface area contributed by atoms with Crippen LogP contribution in [0.2, 0.25) is 0 Å². The van der Waals surface area contributed by atoms with E-state index in [0.29, 0.717) is 10.9 Å². The molecule has 1 aromatic rings. The second-order valence-electron chi connectivity index (χ2n) is 4.43. The molecule has 0 spiro atoms. The summed E-state index contributed by atoms with van der Waals surface area (Å²) in [5.41, 5.74) is 4.40. The van der Waals surface area contributed by atoms with Crippen molar-refractivity contribution in [3.8, 4) is 5.75 Å². The zero-order chi connectivity index (χ0) is 14.0. The molecule has 0 aromatic heterocycles. The first-order valence-electron chi connectivity index (χ1n) is 5.44. The minimum absolute atomic E-state index is 0.0308. The van der Waals surface area contributed by atoms with Crippen LogP contribution in [-0.4, -0.2) is 12.1 Å². The zero-order valence-electron chi connectivity index (χ0n) is 10.1. The molecule has 0 amide bonds. The number of hydrogen-bond donors (Lipinski definition) is 1. The first kappa shape index (κ1) is 15.3. The Morgan fingerprint density at radius 1 is 1.33 bits per heavy atom. The number of nitrogens with two attached hydrogens (primary N) is 1. The van der Waals surface area contributed by atoms with Gasteiger partial charge in [-0.25, -0.2) is 0 Å². The van der Waals surface area contributed by atoms with Crippen LogP contribution in [0.15, 0.2) is 22.7 Å². The molecular weight excluding hydrogens is 311 g/mol. The van der Waals surface area contributed by atoms with Crippen LogP contribution in [0.5, 0.6) is 5.75 Å². The van der Waals surface area contributed by atoms with Crippen LogP contribution in [0.25, 0.3) is 0 Å². The topological polar surface area (TPSA) is 35.2 Å². The van der Waals surface area contributed by atoms with Gasteiger partial charge in [-0.05, 0) is 31.5 Å². The Morgan fingerprint density at radius 3 is 2.44 bits per heavy atom. The highest BCUT2D eigenvalue weighted by atomic mass is 79.9. The van der Waals surface area contributed by atoms with Crippen molar-refractivity contribution in [3.05, 3.63) is 28.2 Å². The molecule has 0 radical (unpaired) electrons. The summed E-state index contributed by atoms with van der Waals surface area (Å²) in [7, 11) is 0. The molecule has 1 aromatic carbocycles. The van der Waals surface area contributed by atoms with Gasteiger partial charge in [0.2, 0.25) is 0 Å². The van der Waals surface area contributed by atoms with Crippen molar-refractivity contribution in [1.29, 1.82) is 0 Å². The summed E-state index contributed by atoms with van der Waals surface area (Å²) >= 11 is 3.12. The van der Waals surface area contributed by atoms with Gasteiger partial charge in [0.05, 0.1) is 5.56 Å². The van der Waals surface area contributed by atoms with Crippen LogP contribution in [0, 0.1) is 0 Å². The Labute approximate surface area is 112 Å². The van der Waals surface area contributed by atoms with Crippen molar-refractivity contribution in [3.63, 3.8) is 0 Å². The van der Waals surface area contributed by atoms with Crippen LogP contribution < -0.4 is 10.5 Å².